The summed E-state index contributed by atoms with van der Waals surface area (Å²) in [7, 11) is 0. The molecular weight excluding hydrogens is 244 g/mol. The van der Waals surface area contributed by atoms with E-state index in [0.29, 0.717) is 0 Å². The highest BCUT2D eigenvalue weighted by molar-refractivity contribution is 4.85. The van der Waals surface area contributed by atoms with Crippen molar-refractivity contribution in [3.05, 3.63) is 0 Å². The zero-order valence-corrected chi connectivity index (χ0v) is 14.7. The maximum absolute atomic E-state index is 12.8. The lowest BCUT2D eigenvalue weighted by atomic mass is 9.70. The maximum atomic E-state index is 12.8. The average Bonchev–Trinajstić information content (AvgIpc) is 2.47. The van der Waals surface area contributed by atoms with Gasteiger partial charge in [0.2, 0.25) is 0 Å². The van der Waals surface area contributed by atoms with Crippen LogP contribution in [0.2, 0.25) is 0 Å². The minimum absolute atomic E-state index is 0.0940. The molecule has 0 aromatic heterocycles. The summed E-state index contributed by atoms with van der Waals surface area (Å²) < 4.78 is 0. The van der Waals surface area contributed by atoms with Crippen LogP contribution in [0, 0.1) is 5.41 Å². The molecule has 0 aromatic rings. The van der Waals surface area contributed by atoms with Gasteiger partial charge in [0, 0.05) is 0 Å². The zero-order valence-electron chi connectivity index (χ0n) is 14.7. The van der Waals surface area contributed by atoms with Crippen LogP contribution in [0.15, 0.2) is 0 Å². The van der Waals surface area contributed by atoms with Crippen LogP contribution in [0.4, 0.5) is 0 Å². The van der Waals surface area contributed by atoms with Gasteiger partial charge in [0.1, 0.15) is 0 Å². The first-order valence-corrected chi connectivity index (χ1v) is 9.32. The monoisotopic (exact) mass is 283 g/mol. The summed E-state index contributed by atoms with van der Waals surface area (Å²) in [6, 6.07) is 0. The zero-order chi connectivity index (χ0) is 15.3. The summed E-state index contributed by atoms with van der Waals surface area (Å²) >= 11 is 0. The summed E-state index contributed by atoms with van der Waals surface area (Å²) in [5.74, 6) is 0. The van der Waals surface area contributed by atoms with Crippen molar-refractivity contribution in [1.29, 1.82) is 0 Å². The van der Waals surface area contributed by atoms with E-state index in [9.17, 15) is 5.11 Å². The predicted octanol–water partition coefficient (Wildman–Crippen LogP) is 6.92. The third-order valence-electron chi connectivity index (χ3n) is 5.01. The minimum Gasteiger partial charge on any atom is -0.233 e. The second-order valence-corrected chi connectivity index (χ2v) is 6.61. The van der Waals surface area contributed by atoms with Gasteiger partial charge in [-0.05, 0) is 31.1 Å². The minimum atomic E-state index is -0.327. The van der Waals surface area contributed by atoms with Crippen LogP contribution in [0.3, 0.4) is 0 Å². The fourth-order valence-corrected chi connectivity index (χ4v) is 3.33. The van der Waals surface area contributed by atoms with Crippen molar-refractivity contribution in [3.63, 3.8) is 0 Å². The van der Waals surface area contributed by atoms with E-state index >= 15 is 0 Å². The van der Waals surface area contributed by atoms with Crippen molar-refractivity contribution in [1.82, 2.24) is 0 Å². The van der Waals surface area contributed by atoms with Crippen LogP contribution in [0.5, 0.6) is 0 Å². The first kappa shape index (κ1) is 20.0. The van der Waals surface area contributed by atoms with Crippen molar-refractivity contribution in [2.75, 3.05) is 0 Å². The standard InChI is InChI=1S/C19H39O/c1-5-9-12-13-14-15-18(20)19(8-4,16-10-6-2)17-11-7-3/h18H,5-17H2,1-4H3. The molecule has 0 aliphatic rings. The van der Waals surface area contributed by atoms with Gasteiger partial charge in [-0.1, -0.05) is 85.5 Å². The quantitative estimate of drug-likeness (QED) is 0.308. The van der Waals surface area contributed by atoms with E-state index in [1.165, 1.54) is 51.4 Å². The molecule has 0 aliphatic heterocycles. The molecule has 0 rings (SSSR count). The Bertz CT molecular complexity index is 192. The lowest BCUT2D eigenvalue weighted by molar-refractivity contribution is -0.0504. The van der Waals surface area contributed by atoms with Crippen LogP contribution in [-0.2, 0) is 5.11 Å². The van der Waals surface area contributed by atoms with E-state index in [0.717, 1.165) is 32.1 Å². The van der Waals surface area contributed by atoms with Gasteiger partial charge in [0.15, 0.2) is 0 Å². The largest absolute Gasteiger partial charge is 0.233 e. The Morgan fingerprint density at radius 2 is 1.20 bits per heavy atom. The van der Waals surface area contributed by atoms with Gasteiger partial charge in [-0.3, -0.25) is 0 Å². The molecule has 0 amide bonds. The van der Waals surface area contributed by atoms with E-state index in [4.69, 9.17) is 0 Å². The first-order valence-electron chi connectivity index (χ1n) is 9.32. The number of rotatable bonds is 14. The summed E-state index contributed by atoms with van der Waals surface area (Å²) in [6.45, 7) is 8.97. The fraction of sp³-hybridized carbons (Fsp3) is 1.00. The highest BCUT2D eigenvalue weighted by Crippen LogP contribution is 2.40. The van der Waals surface area contributed by atoms with Crippen LogP contribution in [0.1, 0.15) is 111 Å². The van der Waals surface area contributed by atoms with Crippen molar-refractivity contribution in [2.45, 2.75) is 117 Å². The van der Waals surface area contributed by atoms with Gasteiger partial charge in [0.05, 0.1) is 6.10 Å². The first-order chi connectivity index (χ1) is 9.66. The molecule has 0 N–H and O–H groups in total. The SMILES string of the molecule is CCCCCCCC([O])C(CC)(CCCC)CCCC. The molecule has 1 nitrogen and oxygen atoms in total. The van der Waals surface area contributed by atoms with Crippen LogP contribution < -0.4 is 0 Å². The molecule has 0 saturated carbocycles. The van der Waals surface area contributed by atoms with Gasteiger partial charge in [0.25, 0.3) is 0 Å². The van der Waals surface area contributed by atoms with Crippen LogP contribution >= 0.6 is 0 Å². The Morgan fingerprint density at radius 3 is 1.65 bits per heavy atom. The van der Waals surface area contributed by atoms with Crippen molar-refractivity contribution in [2.24, 2.45) is 5.41 Å². The molecule has 0 aromatic carbocycles. The topological polar surface area (TPSA) is 19.9 Å². The summed E-state index contributed by atoms with van der Waals surface area (Å²) in [4.78, 5) is 0. The van der Waals surface area contributed by atoms with Crippen LogP contribution in [-0.4, -0.2) is 6.10 Å². The molecule has 0 aliphatic carbocycles. The molecule has 1 unspecified atom stereocenters. The molecule has 1 heteroatoms. The fourth-order valence-electron chi connectivity index (χ4n) is 3.33. The molecular formula is C19H39O. The molecule has 1 atom stereocenters. The summed E-state index contributed by atoms with van der Waals surface area (Å²) in [5.41, 5.74) is 0.0940. The molecule has 0 fully saturated rings. The second-order valence-electron chi connectivity index (χ2n) is 6.61. The lowest BCUT2D eigenvalue weighted by Gasteiger charge is -2.37. The number of unbranched alkanes of at least 4 members (excludes halogenated alkanes) is 6. The highest BCUT2D eigenvalue weighted by atomic mass is 16.3. The van der Waals surface area contributed by atoms with E-state index in [1.807, 2.05) is 0 Å². The Labute approximate surface area is 128 Å². The number of hydrogen-bond acceptors (Lipinski definition) is 0. The van der Waals surface area contributed by atoms with Gasteiger partial charge in [-0.2, -0.15) is 0 Å². The van der Waals surface area contributed by atoms with Gasteiger partial charge in [-0.15, -0.1) is 0 Å². The Morgan fingerprint density at radius 1 is 0.700 bits per heavy atom. The van der Waals surface area contributed by atoms with Crippen molar-refractivity contribution < 1.29 is 5.11 Å². The van der Waals surface area contributed by atoms with E-state index in [1.54, 1.807) is 0 Å². The van der Waals surface area contributed by atoms with Gasteiger partial charge >= 0.3 is 0 Å². The highest BCUT2D eigenvalue weighted by Gasteiger charge is 2.35. The molecule has 0 heterocycles. The van der Waals surface area contributed by atoms with Crippen molar-refractivity contribution in [3.8, 4) is 0 Å². The summed E-state index contributed by atoms with van der Waals surface area (Å²) in [5, 5.41) is 12.8. The van der Waals surface area contributed by atoms with Gasteiger partial charge in [-0.25, -0.2) is 5.11 Å². The Balaban J connectivity index is 4.32. The van der Waals surface area contributed by atoms with Gasteiger partial charge < -0.3 is 0 Å². The molecule has 0 spiro atoms. The van der Waals surface area contributed by atoms with E-state index < -0.39 is 0 Å². The number of hydrogen-bond donors (Lipinski definition) is 0. The predicted molar refractivity (Wildman–Crippen MR) is 89.6 cm³/mol. The molecule has 0 saturated heterocycles. The molecule has 20 heavy (non-hydrogen) atoms. The Hall–Kier alpha value is -0.0400. The van der Waals surface area contributed by atoms with Crippen LogP contribution in [0.25, 0.3) is 0 Å². The van der Waals surface area contributed by atoms with Crippen molar-refractivity contribution >= 4 is 0 Å². The smallest absolute Gasteiger partial charge is 0.0985 e. The second kappa shape index (κ2) is 12.7. The summed E-state index contributed by atoms with van der Waals surface area (Å²) in [6.07, 6.45) is 15.2. The molecule has 121 valence electrons. The maximum Gasteiger partial charge on any atom is 0.0985 e. The Kier molecular flexibility index (Phi) is 12.7. The third-order valence-corrected chi connectivity index (χ3v) is 5.01. The van der Waals surface area contributed by atoms with E-state index in [-0.39, 0.29) is 11.5 Å². The molecule has 1 radical (unpaired) electrons. The molecule has 0 bridgehead atoms. The average molecular weight is 284 g/mol. The third kappa shape index (κ3) is 7.67. The lowest BCUT2D eigenvalue weighted by Crippen LogP contribution is -2.34. The van der Waals surface area contributed by atoms with E-state index in [2.05, 4.69) is 27.7 Å². The normalized spacial score (nSPS) is 13.7.